The maximum atomic E-state index is 11.6. The molecule has 0 aliphatic heterocycles. The zero-order valence-corrected chi connectivity index (χ0v) is 10.1. The molecule has 1 amide bonds. The van der Waals surface area contributed by atoms with Gasteiger partial charge < -0.3 is 11.1 Å². The summed E-state index contributed by atoms with van der Waals surface area (Å²) < 4.78 is 0. The molecule has 1 aromatic heterocycles. The summed E-state index contributed by atoms with van der Waals surface area (Å²) in [6.45, 7) is 5.53. The second-order valence-corrected chi connectivity index (χ2v) is 5.08. The van der Waals surface area contributed by atoms with E-state index in [0.717, 1.165) is 22.7 Å². The number of carbonyl (C=O) groups excluding carboxylic acids is 1. The molecule has 0 saturated carbocycles. The van der Waals surface area contributed by atoms with E-state index in [1.807, 2.05) is 12.1 Å². The molecule has 0 aliphatic carbocycles. The maximum absolute atomic E-state index is 11.6. The smallest absolute Gasteiger partial charge is 0.261 e. The van der Waals surface area contributed by atoms with Crippen molar-refractivity contribution in [2.45, 2.75) is 26.8 Å². The number of carbonyl (C=O) groups is 1. The lowest BCUT2D eigenvalue weighted by atomic mass is 10.1. The lowest BCUT2D eigenvalue weighted by Gasteiger charge is -2.05. The third kappa shape index (κ3) is 4.01. The number of hydrogen-bond donors (Lipinski definition) is 2. The zero-order valence-electron chi connectivity index (χ0n) is 9.25. The molecular weight excluding hydrogens is 208 g/mol. The highest BCUT2D eigenvalue weighted by atomic mass is 32.1. The van der Waals surface area contributed by atoms with Gasteiger partial charge in [0.2, 0.25) is 0 Å². The molecule has 0 unspecified atom stereocenters. The molecule has 0 aromatic carbocycles. The van der Waals surface area contributed by atoms with Crippen LogP contribution in [0.4, 0.5) is 0 Å². The van der Waals surface area contributed by atoms with E-state index in [4.69, 9.17) is 5.73 Å². The molecule has 3 N–H and O–H groups in total. The van der Waals surface area contributed by atoms with Crippen molar-refractivity contribution in [3.8, 4) is 0 Å². The summed E-state index contributed by atoms with van der Waals surface area (Å²) in [5, 5.41) is 2.90. The van der Waals surface area contributed by atoms with Crippen LogP contribution < -0.4 is 11.1 Å². The van der Waals surface area contributed by atoms with Crippen LogP contribution in [0.25, 0.3) is 0 Å². The molecule has 0 atom stereocenters. The predicted octanol–water partition coefficient (Wildman–Crippen LogP) is 1.98. The number of rotatable bonds is 5. The van der Waals surface area contributed by atoms with Gasteiger partial charge in [0.25, 0.3) is 5.91 Å². The lowest BCUT2D eigenvalue weighted by molar-refractivity contribution is 0.0956. The van der Waals surface area contributed by atoms with Gasteiger partial charge in [0.1, 0.15) is 0 Å². The maximum Gasteiger partial charge on any atom is 0.261 e. The second-order valence-electron chi connectivity index (χ2n) is 3.91. The van der Waals surface area contributed by atoms with Gasteiger partial charge in [0.05, 0.1) is 4.88 Å². The third-order valence-corrected chi connectivity index (χ3v) is 3.20. The second kappa shape index (κ2) is 5.88. The Labute approximate surface area is 94.7 Å². The Bertz CT molecular complexity index is 320. The Balaban J connectivity index is 2.40. The fourth-order valence-electron chi connectivity index (χ4n) is 1.17. The summed E-state index contributed by atoms with van der Waals surface area (Å²) in [4.78, 5) is 13.4. The van der Waals surface area contributed by atoms with Gasteiger partial charge in [-0.2, -0.15) is 0 Å². The first-order valence-electron chi connectivity index (χ1n) is 5.20. The Morgan fingerprint density at radius 3 is 2.80 bits per heavy atom. The molecule has 84 valence electrons. The van der Waals surface area contributed by atoms with Crippen LogP contribution in [0.3, 0.4) is 0 Å². The van der Waals surface area contributed by atoms with E-state index < -0.39 is 0 Å². The summed E-state index contributed by atoms with van der Waals surface area (Å²) in [5.41, 5.74) is 5.48. The summed E-state index contributed by atoms with van der Waals surface area (Å²) in [6, 6.07) is 3.74. The predicted molar refractivity (Wildman–Crippen MR) is 64.0 cm³/mol. The standard InChI is InChI=1S/C11H18N2OS/c1-8(2)5-6-13-11(14)10-4-3-9(7-12)15-10/h3-4,8H,5-7,12H2,1-2H3,(H,13,14). The first kappa shape index (κ1) is 12.2. The normalized spacial score (nSPS) is 10.7. The van der Waals surface area contributed by atoms with Crippen LogP contribution in [0.5, 0.6) is 0 Å². The molecule has 0 radical (unpaired) electrons. The summed E-state index contributed by atoms with van der Waals surface area (Å²) in [5.74, 6) is 0.633. The van der Waals surface area contributed by atoms with Crippen molar-refractivity contribution in [2.24, 2.45) is 11.7 Å². The fourth-order valence-corrected chi connectivity index (χ4v) is 1.97. The van der Waals surface area contributed by atoms with E-state index >= 15 is 0 Å². The molecule has 0 saturated heterocycles. The van der Waals surface area contributed by atoms with E-state index in [1.54, 1.807) is 0 Å². The van der Waals surface area contributed by atoms with E-state index in [0.29, 0.717) is 12.5 Å². The van der Waals surface area contributed by atoms with E-state index in [2.05, 4.69) is 19.2 Å². The molecule has 0 bridgehead atoms. The Morgan fingerprint density at radius 1 is 1.53 bits per heavy atom. The average molecular weight is 226 g/mol. The summed E-state index contributed by atoms with van der Waals surface area (Å²) in [6.07, 6.45) is 1.01. The molecule has 0 fully saturated rings. The summed E-state index contributed by atoms with van der Waals surface area (Å²) in [7, 11) is 0. The van der Waals surface area contributed by atoms with Crippen molar-refractivity contribution in [1.29, 1.82) is 0 Å². The van der Waals surface area contributed by atoms with Gasteiger partial charge in [-0.25, -0.2) is 0 Å². The molecule has 0 aliphatic rings. The molecule has 1 rings (SSSR count). The first-order valence-corrected chi connectivity index (χ1v) is 6.02. The molecule has 1 aromatic rings. The van der Waals surface area contributed by atoms with Gasteiger partial charge >= 0.3 is 0 Å². The van der Waals surface area contributed by atoms with Crippen molar-refractivity contribution in [2.75, 3.05) is 6.54 Å². The van der Waals surface area contributed by atoms with Gasteiger partial charge in [-0.05, 0) is 24.5 Å². The van der Waals surface area contributed by atoms with Crippen LogP contribution in [-0.4, -0.2) is 12.5 Å². The molecule has 4 heteroatoms. The minimum Gasteiger partial charge on any atom is -0.351 e. The number of nitrogens with one attached hydrogen (secondary N) is 1. The van der Waals surface area contributed by atoms with Crippen molar-refractivity contribution in [1.82, 2.24) is 5.32 Å². The Morgan fingerprint density at radius 2 is 2.27 bits per heavy atom. The Kier molecular flexibility index (Phi) is 4.78. The zero-order chi connectivity index (χ0) is 11.3. The highest BCUT2D eigenvalue weighted by molar-refractivity contribution is 7.14. The monoisotopic (exact) mass is 226 g/mol. The van der Waals surface area contributed by atoms with Crippen LogP contribution in [0.1, 0.15) is 34.8 Å². The van der Waals surface area contributed by atoms with Crippen LogP contribution in [0, 0.1) is 5.92 Å². The molecule has 0 spiro atoms. The van der Waals surface area contributed by atoms with Gasteiger partial charge in [0.15, 0.2) is 0 Å². The third-order valence-electron chi connectivity index (χ3n) is 2.09. The lowest BCUT2D eigenvalue weighted by Crippen LogP contribution is -2.24. The van der Waals surface area contributed by atoms with Gasteiger partial charge in [-0.1, -0.05) is 13.8 Å². The van der Waals surface area contributed by atoms with Gasteiger partial charge in [-0.3, -0.25) is 4.79 Å². The minimum absolute atomic E-state index is 0.0142. The number of nitrogens with two attached hydrogens (primary N) is 1. The number of hydrogen-bond acceptors (Lipinski definition) is 3. The van der Waals surface area contributed by atoms with Gasteiger partial charge in [0, 0.05) is 18.0 Å². The van der Waals surface area contributed by atoms with Crippen LogP contribution >= 0.6 is 11.3 Å². The molecule has 15 heavy (non-hydrogen) atoms. The SMILES string of the molecule is CC(C)CCNC(=O)c1ccc(CN)s1. The average Bonchev–Trinajstić information content (AvgIpc) is 2.65. The highest BCUT2D eigenvalue weighted by Gasteiger charge is 2.07. The Hall–Kier alpha value is -0.870. The van der Waals surface area contributed by atoms with Crippen molar-refractivity contribution in [3.63, 3.8) is 0 Å². The highest BCUT2D eigenvalue weighted by Crippen LogP contribution is 2.15. The number of thiophene rings is 1. The first-order chi connectivity index (χ1) is 7.13. The van der Waals surface area contributed by atoms with Crippen molar-refractivity contribution >= 4 is 17.2 Å². The topological polar surface area (TPSA) is 55.1 Å². The van der Waals surface area contributed by atoms with E-state index in [9.17, 15) is 4.79 Å². The van der Waals surface area contributed by atoms with E-state index in [-0.39, 0.29) is 5.91 Å². The minimum atomic E-state index is 0.0142. The van der Waals surface area contributed by atoms with Crippen molar-refractivity contribution in [3.05, 3.63) is 21.9 Å². The number of amides is 1. The molecule has 3 nitrogen and oxygen atoms in total. The largest absolute Gasteiger partial charge is 0.351 e. The van der Waals surface area contributed by atoms with Crippen molar-refractivity contribution < 1.29 is 4.79 Å². The van der Waals surface area contributed by atoms with Crippen LogP contribution in [0.15, 0.2) is 12.1 Å². The molecular formula is C11H18N2OS. The quantitative estimate of drug-likeness (QED) is 0.806. The van der Waals surface area contributed by atoms with Crippen LogP contribution in [-0.2, 0) is 6.54 Å². The molecule has 1 heterocycles. The van der Waals surface area contributed by atoms with E-state index in [1.165, 1.54) is 11.3 Å². The van der Waals surface area contributed by atoms with Crippen LogP contribution in [0.2, 0.25) is 0 Å². The summed E-state index contributed by atoms with van der Waals surface area (Å²) >= 11 is 1.46. The fraction of sp³-hybridized carbons (Fsp3) is 0.545. The van der Waals surface area contributed by atoms with Gasteiger partial charge in [-0.15, -0.1) is 11.3 Å².